The van der Waals surface area contributed by atoms with Gasteiger partial charge in [0.25, 0.3) is 0 Å². The van der Waals surface area contributed by atoms with E-state index in [0.717, 1.165) is 15.6 Å². The summed E-state index contributed by atoms with van der Waals surface area (Å²) >= 11 is 3.48. The van der Waals surface area contributed by atoms with Crippen molar-refractivity contribution in [2.24, 2.45) is 0 Å². The fourth-order valence-corrected chi connectivity index (χ4v) is 3.36. The predicted octanol–water partition coefficient (Wildman–Crippen LogP) is 5.68. The van der Waals surface area contributed by atoms with Crippen molar-refractivity contribution in [2.75, 3.05) is 7.11 Å². The quantitative estimate of drug-likeness (QED) is 0.518. The Morgan fingerprint density at radius 3 is 2.22 bits per heavy atom. The maximum Gasteiger partial charge on any atom is 0.337 e. The summed E-state index contributed by atoms with van der Waals surface area (Å²) in [6.45, 7) is 2.14. The van der Waals surface area contributed by atoms with Crippen molar-refractivity contribution in [2.45, 2.75) is 19.0 Å². The normalized spacial score (nSPS) is 13.0. The molecule has 0 aromatic heterocycles. The van der Waals surface area contributed by atoms with Crippen molar-refractivity contribution in [1.29, 1.82) is 0 Å². The molecular weight excluding hydrogens is 402 g/mol. The molecule has 0 spiro atoms. The molecule has 3 rings (SSSR count). The largest absolute Gasteiger partial charge is 0.465 e. The topological polar surface area (TPSA) is 38.3 Å². The Labute approximate surface area is 168 Å². The minimum atomic E-state index is -0.329. The molecule has 4 heteroatoms. The summed E-state index contributed by atoms with van der Waals surface area (Å²) in [4.78, 5) is 12.0. The second-order valence-corrected chi connectivity index (χ2v) is 7.32. The molecule has 27 heavy (non-hydrogen) atoms. The molecule has 138 valence electrons. The Bertz CT molecular complexity index is 894. The first-order valence-electron chi connectivity index (χ1n) is 8.83. The third-order valence-corrected chi connectivity index (χ3v) is 5.09. The second kappa shape index (κ2) is 8.98. The predicted molar refractivity (Wildman–Crippen MR) is 112 cm³/mol. The van der Waals surface area contributed by atoms with Gasteiger partial charge in [-0.3, -0.25) is 5.32 Å². The van der Waals surface area contributed by atoms with Crippen molar-refractivity contribution >= 4 is 21.9 Å². The molecule has 0 fully saturated rings. The standard InChI is InChI=1S/C23H22BrNO2/c1-16(17-11-13-21(24)14-12-17)25-22(18-7-4-3-5-8-18)19-9-6-10-20(15-19)23(26)27-2/h3-16,22,25H,1-2H3/t16-,22?/m0/s1. The number of benzene rings is 3. The van der Waals surface area contributed by atoms with Gasteiger partial charge in [0.2, 0.25) is 0 Å². The highest BCUT2D eigenvalue weighted by atomic mass is 79.9. The highest BCUT2D eigenvalue weighted by molar-refractivity contribution is 9.10. The molecular formula is C23H22BrNO2. The molecule has 0 aliphatic heterocycles. The van der Waals surface area contributed by atoms with Crippen molar-refractivity contribution < 1.29 is 9.53 Å². The van der Waals surface area contributed by atoms with Crippen LogP contribution in [0.1, 0.15) is 46.1 Å². The molecule has 0 aliphatic rings. The van der Waals surface area contributed by atoms with E-state index in [0.29, 0.717) is 5.56 Å². The number of halogens is 1. The third-order valence-electron chi connectivity index (χ3n) is 4.56. The average Bonchev–Trinajstić information content (AvgIpc) is 2.72. The van der Waals surface area contributed by atoms with Crippen molar-refractivity contribution in [3.05, 3.63) is 106 Å². The first-order chi connectivity index (χ1) is 13.1. The van der Waals surface area contributed by atoms with Crippen LogP contribution in [-0.2, 0) is 4.74 Å². The molecule has 1 N–H and O–H groups in total. The maximum absolute atomic E-state index is 12.0. The Balaban J connectivity index is 1.95. The lowest BCUT2D eigenvalue weighted by Crippen LogP contribution is -2.26. The number of esters is 1. The van der Waals surface area contributed by atoms with E-state index in [1.54, 1.807) is 6.07 Å². The Hall–Kier alpha value is -2.43. The molecule has 0 heterocycles. The van der Waals surface area contributed by atoms with Crippen LogP contribution in [0.4, 0.5) is 0 Å². The van der Waals surface area contributed by atoms with Crippen LogP contribution in [0.15, 0.2) is 83.3 Å². The number of rotatable bonds is 6. The number of hydrogen-bond acceptors (Lipinski definition) is 3. The third kappa shape index (κ3) is 4.85. The zero-order chi connectivity index (χ0) is 19.2. The molecule has 3 aromatic rings. The van der Waals surface area contributed by atoms with Gasteiger partial charge in [0, 0.05) is 10.5 Å². The number of nitrogens with one attached hydrogen (secondary N) is 1. The Morgan fingerprint density at radius 1 is 0.889 bits per heavy atom. The average molecular weight is 424 g/mol. The van der Waals surface area contributed by atoms with Crippen molar-refractivity contribution in [1.82, 2.24) is 5.32 Å². The van der Waals surface area contributed by atoms with Gasteiger partial charge < -0.3 is 4.74 Å². The van der Waals surface area contributed by atoms with Crippen LogP contribution in [0.2, 0.25) is 0 Å². The van der Waals surface area contributed by atoms with Gasteiger partial charge in [-0.05, 0) is 47.9 Å². The summed E-state index contributed by atoms with van der Waals surface area (Å²) in [5.74, 6) is -0.329. The van der Waals surface area contributed by atoms with Crippen LogP contribution in [0, 0.1) is 0 Å². The van der Waals surface area contributed by atoms with Gasteiger partial charge in [-0.25, -0.2) is 4.79 Å². The second-order valence-electron chi connectivity index (χ2n) is 6.40. The molecule has 0 bridgehead atoms. The smallest absolute Gasteiger partial charge is 0.337 e. The van der Waals surface area contributed by atoms with Crippen LogP contribution in [0.25, 0.3) is 0 Å². The Morgan fingerprint density at radius 2 is 1.56 bits per heavy atom. The van der Waals surface area contributed by atoms with Crippen LogP contribution in [0.3, 0.4) is 0 Å². The molecule has 3 nitrogen and oxygen atoms in total. The minimum absolute atomic E-state index is 0.0468. The SMILES string of the molecule is COC(=O)c1cccc(C(N[C@@H](C)c2ccc(Br)cc2)c2ccccc2)c1. The van der Waals surface area contributed by atoms with Gasteiger partial charge in [-0.2, -0.15) is 0 Å². The summed E-state index contributed by atoms with van der Waals surface area (Å²) in [6, 6.07) is 26.2. The van der Waals surface area contributed by atoms with Gasteiger partial charge in [-0.1, -0.05) is 70.5 Å². The number of carbonyl (C=O) groups is 1. The van der Waals surface area contributed by atoms with E-state index in [1.807, 2.05) is 48.5 Å². The molecule has 0 aliphatic carbocycles. The van der Waals surface area contributed by atoms with Crippen molar-refractivity contribution in [3.63, 3.8) is 0 Å². The lowest BCUT2D eigenvalue weighted by atomic mass is 9.95. The van der Waals surface area contributed by atoms with Gasteiger partial charge in [0.15, 0.2) is 0 Å². The van der Waals surface area contributed by atoms with E-state index in [9.17, 15) is 4.79 Å². The summed E-state index contributed by atoms with van der Waals surface area (Å²) in [7, 11) is 1.40. The first kappa shape index (κ1) is 19.3. The van der Waals surface area contributed by atoms with E-state index < -0.39 is 0 Å². The number of ether oxygens (including phenoxy) is 1. The van der Waals surface area contributed by atoms with Gasteiger partial charge in [0.05, 0.1) is 18.7 Å². The van der Waals surface area contributed by atoms with Crippen LogP contribution < -0.4 is 5.32 Å². The zero-order valence-corrected chi connectivity index (χ0v) is 16.9. The summed E-state index contributed by atoms with van der Waals surface area (Å²) < 4.78 is 5.93. The molecule has 1 unspecified atom stereocenters. The Kier molecular flexibility index (Phi) is 6.43. The monoisotopic (exact) mass is 423 g/mol. The first-order valence-corrected chi connectivity index (χ1v) is 9.62. The van der Waals surface area contributed by atoms with Crippen LogP contribution in [-0.4, -0.2) is 13.1 Å². The summed E-state index contributed by atoms with van der Waals surface area (Å²) in [5, 5.41) is 3.70. The highest BCUT2D eigenvalue weighted by Crippen LogP contribution is 2.27. The van der Waals surface area contributed by atoms with Crippen LogP contribution in [0.5, 0.6) is 0 Å². The number of hydrogen-bond donors (Lipinski definition) is 1. The number of carbonyl (C=O) groups excluding carboxylic acids is 1. The van der Waals surface area contributed by atoms with E-state index in [2.05, 4.69) is 52.4 Å². The van der Waals surface area contributed by atoms with E-state index in [1.165, 1.54) is 12.7 Å². The zero-order valence-electron chi connectivity index (χ0n) is 15.4. The lowest BCUT2D eigenvalue weighted by molar-refractivity contribution is 0.0600. The van der Waals surface area contributed by atoms with Gasteiger partial charge >= 0.3 is 5.97 Å². The molecule has 3 aromatic carbocycles. The van der Waals surface area contributed by atoms with E-state index in [-0.39, 0.29) is 18.1 Å². The lowest BCUT2D eigenvalue weighted by Gasteiger charge is -2.25. The highest BCUT2D eigenvalue weighted by Gasteiger charge is 2.19. The molecule has 0 saturated carbocycles. The van der Waals surface area contributed by atoms with Gasteiger partial charge in [-0.15, -0.1) is 0 Å². The maximum atomic E-state index is 12.0. The summed E-state index contributed by atoms with van der Waals surface area (Å²) in [6.07, 6.45) is 0. The van der Waals surface area contributed by atoms with E-state index >= 15 is 0 Å². The number of methoxy groups -OCH3 is 1. The summed E-state index contributed by atoms with van der Waals surface area (Å²) in [5.41, 5.74) is 3.91. The molecule has 2 atom stereocenters. The fourth-order valence-electron chi connectivity index (χ4n) is 3.09. The fraction of sp³-hybridized carbons (Fsp3) is 0.174. The van der Waals surface area contributed by atoms with Crippen molar-refractivity contribution in [3.8, 4) is 0 Å². The van der Waals surface area contributed by atoms with E-state index in [4.69, 9.17) is 4.74 Å². The molecule has 0 radical (unpaired) electrons. The minimum Gasteiger partial charge on any atom is -0.465 e. The molecule has 0 amide bonds. The van der Waals surface area contributed by atoms with Gasteiger partial charge in [0.1, 0.15) is 0 Å². The molecule has 0 saturated heterocycles. The van der Waals surface area contributed by atoms with Crippen LogP contribution >= 0.6 is 15.9 Å².